The van der Waals surface area contributed by atoms with Crippen molar-refractivity contribution < 1.29 is 9.32 Å². The van der Waals surface area contributed by atoms with E-state index in [1.807, 2.05) is 10.9 Å². The Kier molecular flexibility index (Phi) is 7.65. The zero-order chi connectivity index (χ0) is 22.4. The van der Waals surface area contributed by atoms with Gasteiger partial charge in [0.25, 0.3) is 5.91 Å². The Hall–Kier alpha value is -2.90. The molecular weight excluding hydrogens is 392 g/mol. The summed E-state index contributed by atoms with van der Waals surface area (Å²) in [5.74, 6) is -0.0654. The monoisotopic (exact) mass is 426 g/mol. The van der Waals surface area contributed by atoms with Gasteiger partial charge in [0, 0.05) is 36.5 Å². The standard InChI is InChI=1S/C23H34N6O2/c1-6-10-16(11-7-2)26-21-17(13-24-23(30)20-12-15(5)28-31-20)19(8-3)27-22-18(21)14-25-29(22)9-4/h12,14,16H,6-11,13H2,1-5H3,(H,24,30)(H,26,27). The molecule has 3 heterocycles. The van der Waals surface area contributed by atoms with Gasteiger partial charge in [0.2, 0.25) is 5.76 Å². The number of rotatable bonds is 11. The van der Waals surface area contributed by atoms with Gasteiger partial charge in [-0.1, -0.05) is 38.8 Å². The number of nitrogens with one attached hydrogen (secondary N) is 2. The number of anilines is 1. The molecule has 31 heavy (non-hydrogen) atoms. The SMILES string of the molecule is CCCC(CCC)Nc1c(CNC(=O)c2cc(C)no2)c(CC)nc2c1cnn2CC. The molecule has 0 radical (unpaired) electrons. The van der Waals surface area contributed by atoms with Gasteiger partial charge in [0.1, 0.15) is 0 Å². The van der Waals surface area contributed by atoms with E-state index in [0.29, 0.717) is 18.3 Å². The number of aryl methyl sites for hydroxylation is 3. The quantitative estimate of drug-likeness (QED) is 0.464. The Morgan fingerprint density at radius 2 is 1.94 bits per heavy atom. The number of hydrogen-bond donors (Lipinski definition) is 2. The molecule has 0 fully saturated rings. The molecule has 3 aromatic rings. The molecule has 0 aliphatic heterocycles. The number of hydrogen-bond acceptors (Lipinski definition) is 6. The lowest BCUT2D eigenvalue weighted by Gasteiger charge is -2.23. The highest BCUT2D eigenvalue weighted by Gasteiger charge is 2.21. The fraction of sp³-hybridized carbons (Fsp3) is 0.565. The summed E-state index contributed by atoms with van der Waals surface area (Å²) in [7, 11) is 0. The fourth-order valence-corrected chi connectivity index (χ4v) is 3.97. The van der Waals surface area contributed by atoms with Crippen molar-refractivity contribution in [3.63, 3.8) is 0 Å². The highest BCUT2D eigenvalue weighted by atomic mass is 16.5. The van der Waals surface area contributed by atoms with Crippen LogP contribution >= 0.6 is 0 Å². The third-order valence-electron chi connectivity index (χ3n) is 5.51. The Morgan fingerprint density at radius 3 is 2.52 bits per heavy atom. The first-order chi connectivity index (χ1) is 15.0. The summed E-state index contributed by atoms with van der Waals surface area (Å²) in [5.41, 5.74) is 4.56. The van der Waals surface area contributed by atoms with Gasteiger partial charge in [-0.15, -0.1) is 0 Å². The Balaban J connectivity index is 2.01. The van der Waals surface area contributed by atoms with Crippen LogP contribution in [0.15, 0.2) is 16.8 Å². The second-order valence-corrected chi connectivity index (χ2v) is 7.90. The largest absolute Gasteiger partial charge is 0.381 e. The first kappa shape index (κ1) is 22.8. The van der Waals surface area contributed by atoms with Crippen LogP contribution < -0.4 is 10.6 Å². The Labute approximate surface area is 183 Å². The van der Waals surface area contributed by atoms with Gasteiger partial charge in [0.15, 0.2) is 5.65 Å². The third kappa shape index (κ3) is 5.06. The predicted octanol–water partition coefficient (Wildman–Crippen LogP) is 4.62. The van der Waals surface area contributed by atoms with Crippen molar-refractivity contribution in [2.24, 2.45) is 0 Å². The van der Waals surface area contributed by atoms with Gasteiger partial charge in [-0.05, 0) is 33.1 Å². The molecule has 8 heteroatoms. The molecule has 0 atom stereocenters. The fourth-order valence-electron chi connectivity index (χ4n) is 3.97. The van der Waals surface area contributed by atoms with Crippen LogP contribution in [-0.2, 0) is 19.5 Å². The summed E-state index contributed by atoms with van der Waals surface area (Å²) in [6.07, 6.45) is 7.04. The normalized spacial score (nSPS) is 11.4. The average Bonchev–Trinajstić information content (AvgIpc) is 3.38. The molecule has 8 nitrogen and oxygen atoms in total. The molecule has 0 aromatic carbocycles. The van der Waals surface area contributed by atoms with E-state index in [-0.39, 0.29) is 11.7 Å². The first-order valence-electron chi connectivity index (χ1n) is 11.4. The first-order valence-corrected chi connectivity index (χ1v) is 11.4. The molecule has 0 unspecified atom stereocenters. The maximum absolute atomic E-state index is 12.6. The summed E-state index contributed by atoms with van der Waals surface area (Å²) < 4.78 is 7.04. The van der Waals surface area contributed by atoms with Crippen LogP contribution in [0.5, 0.6) is 0 Å². The van der Waals surface area contributed by atoms with Crippen LogP contribution in [0.2, 0.25) is 0 Å². The summed E-state index contributed by atoms with van der Waals surface area (Å²) in [4.78, 5) is 17.5. The maximum atomic E-state index is 12.6. The minimum absolute atomic E-state index is 0.215. The molecule has 168 valence electrons. The van der Waals surface area contributed by atoms with Crippen LogP contribution in [0.1, 0.15) is 80.9 Å². The van der Waals surface area contributed by atoms with Gasteiger partial charge in [0.05, 0.1) is 23.0 Å². The molecule has 3 rings (SSSR count). The van der Waals surface area contributed by atoms with Crippen molar-refractivity contribution in [1.29, 1.82) is 0 Å². The van der Waals surface area contributed by atoms with E-state index in [1.54, 1.807) is 13.0 Å². The second-order valence-electron chi connectivity index (χ2n) is 7.90. The van der Waals surface area contributed by atoms with Crippen molar-refractivity contribution in [3.8, 4) is 0 Å². The topological polar surface area (TPSA) is 97.9 Å². The number of fused-ring (bicyclic) bond motifs is 1. The summed E-state index contributed by atoms with van der Waals surface area (Å²) in [6, 6.07) is 2.00. The number of amides is 1. The van der Waals surface area contributed by atoms with Crippen LogP contribution in [0, 0.1) is 6.92 Å². The molecule has 1 amide bonds. The number of carbonyl (C=O) groups is 1. The third-order valence-corrected chi connectivity index (χ3v) is 5.51. The molecule has 3 aromatic heterocycles. The van der Waals surface area contributed by atoms with Crippen LogP contribution in [0.3, 0.4) is 0 Å². The number of pyridine rings is 1. The van der Waals surface area contributed by atoms with E-state index in [4.69, 9.17) is 9.51 Å². The number of nitrogens with zero attached hydrogens (tertiary/aromatic N) is 4. The lowest BCUT2D eigenvalue weighted by molar-refractivity contribution is 0.0914. The van der Waals surface area contributed by atoms with E-state index >= 15 is 0 Å². The Morgan fingerprint density at radius 1 is 1.19 bits per heavy atom. The highest BCUT2D eigenvalue weighted by molar-refractivity contribution is 5.93. The molecule has 2 N–H and O–H groups in total. The van der Waals surface area contributed by atoms with E-state index in [1.165, 1.54) is 0 Å². The van der Waals surface area contributed by atoms with Gasteiger partial charge < -0.3 is 15.2 Å². The van der Waals surface area contributed by atoms with Crippen molar-refractivity contribution in [2.45, 2.75) is 85.9 Å². The summed E-state index contributed by atoms with van der Waals surface area (Å²) in [5, 5.41) is 16.1. The molecule has 0 aliphatic rings. The minimum atomic E-state index is -0.281. The number of carbonyl (C=O) groups excluding carboxylic acids is 1. The van der Waals surface area contributed by atoms with Crippen molar-refractivity contribution in [3.05, 3.63) is 35.0 Å². The van der Waals surface area contributed by atoms with Crippen LogP contribution in [0.4, 0.5) is 5.69 Å². The van der Waals surface area contributed by atoms with Gasteiger partial charge in [-0.2, -0.15) is 5.10 Å². The zero-order valence-electron chi connectivity index (χ0n) is 19.3. The lowest BCUT2D eigenvalue weighted by Crippen LogP contribution is -2.26. The summed E-state index contributed by atoms with van der Waals surface area (Å²) >= 11 is 0. The highest BCUT2D eigenvalue weighted by Crippen LogP contribution is 2.31. The van der Waals surface area contributed by atoms with E-state index in [9.17, 15) is 4.79 Å². The molecule has 0 spiro atoms. The molecule has 0 bridgehead atoms. The van der Waals surface area contributed by atoms with Crippen molar-refractivity contribution >= 4 is 22.6 Å². The average molecular weight is 427 g/mol. The van der Waals surface area contributed by atoms with E-state index < -0.39 is 0 Å². The van der Waals surface area contributed by atoms with Gasteiger partial charge >= 0.3 is 0 Å². The van der Waals surface area contributed by atoms with Crippen LogP contribution in [0.25, 0.3) is 11.0 Å². The minimum Gasteiger partial charge on any atom is -0.381 e. The van der Waals surface area contributed by atoms with E-state index in [2.05, 4.69) is 48.6 Å². The number of aromatic nitrogens is 4. The van der Waals surface area contributed by atoms with Crippen molar-refractivity contribution in [2.75, 3.05) is 5.32 Å². The van der Waals surface area contributed by atoms with Crippen LogP contribution in [-0.4, -0.2) is 31.9 Å². The lowest BCUT2D eigenvalue weighted by atomic mass is 10.0. The predicted molar refractivity (Wildman–Crippen MR) is 122 cm³/mol. The smallest absolute Gasteiger partial charge is 0.290 e. The molecule has 0 aliphatic carbocycles. The van der Waals surface area contributed by atoms with Crippen molar-refractivity contribution in [1.82, 2.24) is 25.2 Å². The Bertz CT molecular complexity index is 1020. The zero-order valence-corrected chi connectivity index (χ0v) is 19.3. The maximum Gasteiger partial charge on any atom is 0.290 e. The molecule has 0 saturated carbocycles. The second kappa shape index (κ2) is 10.4. The van der Waals surface area contributed by atoms with Gasteiger partial charge in [-0.25, -0.2) is 9.67 Å². The summed E-state index contributed by atoms with van der Waals surface area (Å²) in [6.45, 7) is 11.5. The van der Waals surface area contributed by atoms with Gasteiger partial charge in [-0.3, -0.25) is 4.79 Å². The van der Waals surface area contributed by atoms with E-state index in [0.717, 1.165) is 66.6 Å². The molecule has 0 saturated heterocycles. The molecular formula is C23H34N6O2.